The van der Waals surface area contributed by atoms with Crippen LogP contribution in [0.2, 0.25) is 5.02 Å². The summed E-state index contributed by atoms with van der Waals surface area (Å²) < 4.78 is 12.8. The number of hydrogen-bond acceptors (Lipinski definition) is 4. The number of nitrogens with zero attached hydrogens (tertiary/aromatic N) is 1. The summed E-state index contributed by atoms with van der Waals surface area (Å²) in [7, 11) is 0. The van der Waals surface area contributed by atoms with Gasteiger partial charge in [0.05, 0.1) is 11.5 Å². The minimum atomic E-state index is -0.708. The van der Waals surface area contributed by atoms with E-state index in [9.17, 15) is 24.1 Å². The minimum absolute atomic E-state index is 0.000632. The lowest BCUT2D eigenvalue weighted by Crippen LogP contribution is -2.32. The van der Waals surface area contributed by atoms with E-state index in [2.05, 4.69) is 10.6 Å². The average Bonchev–Trinajstić information content (AvgIpc) is 2.55. The highest BCUT2D eigenvalue weighted by atomic mass is 35.5. The van der Waals surface area contributed by atoms with Crippen molar-refractivity contribution in [2.45, 2.75) is 0 Å². The summed E-state index contributed by atoms with van der Waals surface area (Å²) in [6, 6.07) is 8.67. The van der Waals surface area contributed by atoms with Gasteiger partial charge in [-0.1, -0.05) is 11.6 Å². The zero-order valence-electron chi connectivity index (χ0n) is 12.1. The van der Waals surface area contributed by atoms with Gasteiger partial charge in [0.1, 0.15) is 10.8 Å². The first-order valence-electron chi connectivity index (χ1n) is 6.64. The van der Waals surface area contributed by atoms with Gasteiger partial charge in [0, 0.05) is 17.3 Å². The fourth-order valence-corrected chi connectivity index (χ4v) is 1.98. The van der Waals surface area contributed by atoms with Gasteiger partial charge in [-0.3, -0.25) is 19.7 Å². The van der Waals surface area contributed by atoms with Crippen LogP contribution in [-0.2, 0) is 4.79 Å². The Kier molecular flexibility index (Phi) is 5.43. The van der Waals surface area contributed by atoms with Crippen molar-refractivity contribution < 1.29 is 18.9 Å². The van der Waals surface area contributed by atoms with Crippen LogP contribution in [0.1, 0.15) is 10.4 Å². The maximum atomic E-state index is 12.8. The SMILES string of the molecule is O=C(CNC(=O)c1ccc(Cl)c([N+](=O)[O-])c1)Nc1ccc(F)cc1. The van der Waals surface area contributed by atoms with Crippen LogP contribution in [-0.4, -0.2) is 23.3 Å². The zero-order chi connectivity index (χ0) is 17.7. The smallest absolute Gasteiger partial charge is 0.288 e. The number of rotatable bonds is 5. The largest absolute Gasteiger partial charge is 0.343 e. The van der Waals surface area contributed by atoms with Gasteiger partial charge in [0.25, 0.3) is 11.6 Å². The molecular formula is C15H11ClFN3O4. The molecule has 0 heterocycles. The molecule has 0 saturated heterocycles. The van der Waals surface area contributed by atoms with E-state index in [1.807, 2.05) is 0 Å². The van der Waals surface area contributed by atoms with Crippen molar-refractivity contribution in [3.05, 3.63) is 69.0 Å². The molecule has 124 valence electrons. The second kappa shape index (κ2) is 7.51. The van der Waals surface area contributed by atoms with Crippen molar-refractivity contribution in [3.8, 4) is 0 Å². The number of halogens is 2. The minimum Gasteiger partial charge on any atom is -0.343 e. The highest BCUT2D eigenvalue weighted by molar-refractivity contribution is 6.32. The van der Waals surface area contributed by atoms with Gasteiger partial charge in [-0.15, -0.1) is 0 Å². The maximum Gasteiger partial charge on any atom is 0.288 e. The van der Waals surface area contributed by atoms with Crippen molar-refractivity contribution >= 4 is 34.8 Å². The third-order valence-electron chi connectivity index (χ3n) is 2.94. The highest BCUT2D eigenvalue weighted by Gasteiger charge is 2.16. The number of carbonyl (C=O) groups excluding carboxylic acids is 2. The van der Waals surface area contributed by atoms with Gasteiger partial charge in [-0.2, -0.15) is 0 Å². The Morgan fingerprint density at radius 1 is 1.17 bits per heavy atom. The molecule has 2 aromatic rings. The molecule has 0 saturated carbocycles. The van der Waals surface area contributed by atoms with Gasteiger partial charge in [0.15, 0.2) is 0 Å². The Morgan fingerprint density at radius 3 is 2.46 bits per heavy atom. The number of nitrogens with one attached hydrogen (secondary N) is 2. The zero-order valence-corrected chi connectivity index (χ0v) is 12.8. The Morgan fingerprint density at radius 2 is 1.83 bits per heavy atom. The first-order valence-corrected chi connectivity index (χ1v) is 7.02. The summed E-state index contributed by atoms with van der Waals surface area (Å²) in [5.41, 5.74) is -0.0291. The second-order valence-electron chi connectivity index (χ2n) is 4.66. The predicted octanol–water partition coefficient (Wildman–Crippen LogP) is 2.76. The quantitative estimate of drug-likeness (QED) is 0.638. The van der Waals surface area contributed by atoms with E-state index in [-0.39, 0.29) is 17.1 Å². The summed E-state index contributed by atoms with van der Waals surface area (Å²) >= 11 is 5.66. The molecule has 2 amide bonds. The van der Waals surface area contributed by atoms with Crippen molar-refractivity contribution in [1.29, 1.82) is 0 Å². The van der Waals surface area contributed by atoms with E-state index in [4.69, 9.17) is 11.6 Å². The van der Waals surface area contributed by atoms with E-state index in [0.29, 0.717) is 5.69 Å². The molecule has 0 aromatic heterocycles. The molecule has 2 N–H and O–H groups in total. The first-order chi connectivity index (χ1) is 11.4. The van der Waals surface area contributed by atoms with Crippen molar-refractivity contribution in [1.82, 2.24) is 5.32 Å². The number of hydrogen-bond donors (Lipinski definition) is 2. The van der Waals surface area contributed by atoms with Crippen LogP contribution in [0.4, 0.5) is 15.8 Å². The van der Waals surface area contributed by atoms with Crippen LogP contribution < -0.4 is 10.6 Å². The van der Waals surface area contributed by atoms with E-state index in [1.165, 1.54) is 36.4 Å². The topological polar surface area (TPSA) is 101 Å². The fraction of sp³-hybridized carbons (Fsp3) is 0.0667. The molecular weight excluding hydrogens is 341 g/mol. The molecule has 0 bridgehead atoms. The third-order valence-corrected chi connectivity index (χ3v) is 3.26. The molecule has 2 aromatic carbocycles. The number of benzene rings is 2. The normalized spacial score (nSPS) is 10.1. The van der Waals surface area contributed by atoms with Crippen LogP contribution in [0.5, 0.6) is 0 Å². The Hall–Kier alpha value is -3.00. The van der Waals surface area contributed by atoms with Crippen molar-refractivity contribution in [2.75, 3.05) is 11.9 Å². The number of amides is 2. The van der Waals surface area contributed by atoms with Gasteiger partial charge in [-0.25, -0.2) is 4.39 Å². The lowest BCUT2D eigenvalue weighted by molar-refractivity contribution is -0.384. The molecule has 7 nitrogen and oxygen atoms in total. The Balaban J connectivity index is 1.95. The summed E-state index contributed by atoms with van der Waals surface area (Å²) in [4.78, 5) is 33.7. The highest BCUT2D eigenvalue weighted by Crippen LogP contribution is 2.24. The van der Waals surface area contributed by atoms with Crippen LogP contribution in [0, 0.1) is 15.9 Å². The summed E-state index contributed by atoms with van der Waals surface area (Å²) in [6.45, 7) is -0.355. The van der Waals surface area contributed by atoms with E-state index in [1.54, 1.807) is 0 Å². The third kappa shape index (κ3) is 4.50. The van der Waals surface area contributed by atoms with Crippen molar-refractivity contribution in [2.24, 2.45) is 0 Å². The molecule has 0 aliphatic carbocycles. The van der Waals surface area contributed by atoms with Gasteiger partial charge < -0.3 is 10.6 Å². The van der Waals surface area contributed by atoms with Crippen LogP contribution in [0.15, 0.2) is 42.5 Å². The first kappa shape index (κ1) is 17.4. The number of carbonyl (C=O) groups is 2. The fourth-order valence-electron chi connectivity index (χ4n) is 1.79. The molecule has 0 atom stereocenters. The Bertz CT molecular complexity index is 796. The molecule has 0 spiro atoms. The van der Waals surface area contributed by atoms with Crippen LogP contribution in [0.25, 0.3) is 0 Å². The van der Waals surface area contributed by atoms with E-state index in [0.717, 1.165) is 6.07 Å². The lowest BCUT2D eigenvalue weighted by atomic mass is 10.2. The van der Waals surface area contributed by atoms with E-state index >= 15 is 0 Å². The average molecular weight is 352 g/mol. The lowest BCUT2D eigenvalue weighted by Gasteiger charge is -2.07. The van der Waals surface area contributed by atoms with Gasteiger partial charge >= 0.3 is 0 Å². The number of nitro benzene ring substituents is 1. The summed E-state index contributed by atoms with van der Waals surface area (Å²) in [6.07, 6.45) is 0. The predicted molar refractivity (Wildman–Crippen MR) is 85.5 cm³/mol. The molecule has 2 rings (SSSR count). The van der Waals surface area contributed by atoms with Gasteiger partial charge in [0.2, 0.25) is 5.91 Å². The van der Waals surface area contributed by atoms with Crippen LogP contribution in [0.3, 0.4) is 0 Å². The van der Waals surface area contributed by atoms with E-state index < -0.39 is 28.2 Å². The second-order valence-corrected chi connectivity index (χ2v) is 5.07. The van der Waals surface area contributed by atoms with Gasteiger partial charge in [-0.05, 0) is 36.4 Å². The monoisotopic (exact) mass is 351 g/mol. The summed E-state index contributed by atoms with van der Waals surface area (Å²) in [5.74, 6) is -1.63. The molecule has 0 aliphatic rings. The maximum absolute atomic E-state index is 12.8. The molecule has 24 heavy (non-hydrogen) atoms. The summed E-state index contributed by atoms with van der Waals surface area (Å²) in [5, 5.41) is 15.5. The standard InChI is InChI=1S/C15H11ClFN3O4/c16-12-6-1-9(7-13(12)20(23)24)15(22)18-8-14(21)19-11-4-2-10(17)3-5-11/h1-7H,8H2,(H,18,22)(H,19,21). The molecule has 9 heteroatoms. The molecule has 0 radical (unpaired) electrons. The van der Waals surface area contributed by atoms with Crippen LogP contribution >= 0.6 is 11.6 Å². The van der Waals surface area contributed by atoms with Crippen molar-refractivity contribution in [3.63, 3.8) is 0 Å². The number of anilines is 1. The number of nitro groups is 1. The molecule has 0 unspecified atom stereocenters. The Labute approximate surface area is 140 Å². The molecule has 0 aliphatic heterocycles. The molecule has 0 fully saturated rings.